The standard InChI is InChI=1S/C43H25N3O/c1-2-10-26(11-3-1)41-44-42(29-18-20-35-33-16-7-6-14-31(33)32-15-8-9-17-34(32)36(35)23-29)46-43(45-41)30-19-21-39-37(24-30)38-22-27-12-4-5-13-28(27)25-40(38)47-39/h1-25H. The predicted molar refractivity (Wildman–Crippen MR) is 193 cm³/mol. The van der Waals surface area contributed by atoms with Crippen molar-refractivity contribution < 1.29 is 4.42 Å². The average molecular weight is 600 g/mol. The maximum Gasteiger partial charge on any atom is 0.164 e. The van der Waals surface area contributed by atoms with Crippen LogP contribution in [0.2, 0.25) is 0 Å². The van der Waals surface area contributed by atoms with Gasteiger partial charge in [-0.05, 0) is 79.5 Å². The summed E-state index contributed by atoms with van der Waals surface area (Å²) < 4.78 is 6.29. The van der Waals surface area contributed by atoms with Gasteiger partial charge in [-0.25, -0.2) is 15.0 Å². The molecule has 2 heterocycles. The Kier molecular flexibility index (Phi) is 5.54. The normalized spacial score (nSPS) is 11.8. The lowest BCUT2D eigenvalue weighted by Crippen LogP contribution is -2.00. The molecule has 0 amide bonds. The van der Waals surface area contributed by atoms with Crippen molar-refractivity contribution in [2.45, 2.75) is 0 Å². The summed E-state index contributed by atoms with van der Waals surface area (Å²) >= 11 is 0. The third-order valence-corrected chi connectivity index (χ3v) is 9.27. The first-order valence-electron chi connectivity index (χ1n) is 15.8. The van der Waals surface area contributed by atoms with E-state index in [0.29, 0.717) is 17.5 Å². The van der Waals surface area contributed by atoms with Crippen LogP contribution in [0.25, 0.3) is 99.2 Å². The van der Waals surface area contributed by atoms with E-state index in [1.54, 1.807) is 0 Å². The molecular formula is C43H25N3O. The molecule has 4 nitrogen and oxygen atoms in total. The molecule has 2 aromatic heterocycles. The lowest BCUT2D eigenvalue weighted by Gasteiger charge is -2.12. The van der Waals surface area contributed by atoms with E-state index in [1.807, 2.05) is 42.5 Å². The first kappa shape index (κ1) is 25.9. The van der Waals surface area contributed by atoms with Crippen LogP contribution in [0.5, 0.6) is 0 Å². The third-order valence-electron chi connectivity index (χ3n) is 9.27. The van der Waals surface area contributed by atoms with Crippen molar-refractivity contribution in [1.82, 2.24) is 15.0 Å². The molecule has 8 aromatic carbocycles. The van der Waals surface area contributed by atoms with Gasteiger partial charge in [-0.2, -0.15) is 0 Å². The Balaban J connectivity index is 1.20. The van der Waals surface area contributed by atoms with E-state index in [0.717, 1.165) is 44.0 Å². The SMILES string of the molecule is c1ccc(-c2nc(-c3ccc4oc5cc6ccccc6cc5c4c3)nc(-c3ccc4c5ccccc5c5ccccc5c4c3)n2)cc1. The summed E-state index contributed by atoms with van der Waals surface area (Å²) in [6.07, 6.45) is 0. The third kappa shape index (κ3) is 4.12. The number of hydrogen-bond donors (Lipinski definition) is 0. The van der Waals surface area contributed by atoms with Crippen molar-refractivity contribution >= 4 is 65.0 Å². The molecule has 0 bridgehead atoms. The van der Waals surface area contributed by atoms with Gasteiger partial charge in [0.05, 0.1) is 0 Å². The topological polar surface area (TPSA) is 51.8 Å². The van der Waals surface area contributed by atoms with Crippen LogP contribution in [0.4, 0.5) is 0 Å². The molecule has 4 heteroatoms. The zero-order valence-electron chi connectivity index (χ0n) is 25.2. The monoisotopic (exact) mass is 599 g/mol. The summed E-state index contributed by atoms with van der Waals surface area (Å²) in [5.41, 5.74) is 4.50. The molecule has 0 N–H and O–H groups in total. The zero-order valence-corrected chi connectivity index (χ0v) is 25.2. The van der Waals surface area contributed by atoms with Crippen molar-refractivity contribution in [1.29, 1.82) is 0 Å². The molecule has 0 aliphatic heterocycles. The summed E-state index contributed by atoms with van der Waals surface area (Å²) in [7, 11) is 0. The van der Waals surface area contributed by atoms with Crippen LogP contribution in [-0.4, -0.2) is 15.0 Å². The van der Waals surface area contributed by atoms with Gasteiger partial charge in [-0.1, -0.05) is 115 Å². The molecular weight excluding hydrogens is 574 g/mol. The highest BCUT2D eigenvalue weighted by Crippen LogP contribution is 2.38. The van der Waals surface area contributed by atoms with E-state index < -0.39 is 0 Å². The van der Waals surface area contributed by atoms with E-state index >= 15 is 0 Å². The Bertz CT molecular complexity index is 2820. The number of rotatable bonds is 3. The van der Waals surface area contributed by atoms with Gasteiger partial charge < -0.3 is 4.42 Å². The summed E-state index contributed by atoms with van der Waals surface area (Å²) in [6.45, 7) is 0. The fourth-order valence-electron chi connectivity index (χ4n) is 7.00. The van der Waals surface area contributed by atoms with Crippen LogP contribution < -0.4 is 0 Å². The second kappa shape index (κ2) is 10.1. The Morgan fingerprint density at radius 2 is 0.766 bits per heavy atom. The van der Waals surface area contributed by atoms with Crippen molar-refractivity contribution in [3.8, 4) is 34.2 Å². The number of nitrogens with zero attached hydrogens (tertiary/aromatic N) is 3. The minimum absolute atomic E-state index is 0.620. The number of benzene rings is 8. The van der Waals surface area contributed by atoms with Gasteiger partial charge in [-0.15, -0.1) is 0 Å². The lowest BCUT2D eigenvalue weighted by atomic mass is 9.93. The lowest BCUT2D eigenvalue weighted by molar-refractivity contribution is 0.669. The average Bonchev–Trinajstić information content (AvgIpc) is 3.50. The van der Waals surface area contributed by atoms with Crippen molar-refractivity contribution in [2.24, 2.45) is 0 Å². The van der Waals surface area contributed by atoms with Gasteiger partial charge in [0.1, 0.15) is 11.2 Å². The summed E-state index contributed by atoms with van der Waals surface area (Å²) in [5.74, 6) is 1.89. The molecule has 0 saturated heterocycles. The molecule has 0 radical (unpaired) electrons. The molecule has 0 unspecified atom stereocenters. The first-order valence-corrected chi connectivity index (χ1v) is 15.8. The van der Waals surface area contributed by atoms with Crippen LogP contribution in [0.1, 0.15) is 0 Å². The molecule has 0 fully saturated rings. The van der Waals surface area contributed by atoms with Crippen LogP contribution in [-0.2, 0) is 0 Å². The van der Waals surface area contributed by atoms with Gasteiger partial charge in [0, 0.05) is 27.5 Å². The largest absolute Gasteiger partial charge is 0.456 e. The summed E-state index contributed by atoms with van der Waals surface area (Å²) in [4.78, 5) is 15.2. The van der Waals surface area contributed by atoms with Gasteiger partial charge >= 0.3 is 0 Å². The quantitative estimate of drug-likeness (QED) is 0.190. The van der Waals surface area contributed by atoms with Crippen LogP contribution >= 0.6 is 0 Å². The van der Waals surface area contributed by atoms with E-state index in [1.165, 1.54) is 37.7 Å². The van der Waals surface area contributed by atoms with Gasteiger partial charge in [0.2, 0.25) is 0 Å². The highest BCUT2D eigenvalue weighted by molar-refractivity contribution is 6.25. The molecule has 0 atom stereocenters. The highest BCUT2D eigenvalue weighted by Gasteiger charge is 2.16. The number of fused-ring (bicyclic) bond motifs is 10. The minimum Gasteiger partial charge on any atom is -0.456 e. The maximum absolute atomic E-state index is 6.29. The van der Waals surface area contributed by atoms with E-state index in [9.17, 15) is 0 Å². The fraction of sp³-hybridized carbons (Fsp3) is 0. The number of hydrogen-bond acceptors (Lipinski definition) is 4. The molecule has 0 aliphatic rings. The Morgan fingerprint density at radius 1 is 0.298 bits per heavy atom. The van der Waals surface area contributed by atoms with Crippen molar-refractivity contribution in [3.05, 3.63) is 152 Å². The van der Waals surface area contributed by atoms with Crippen LogP contribution in [0.15, 0.2) is 156 Å². The Labute approximate surface area is 269 Å². The predicted octanol–water partition coefficient (Wildman–Crippen LogP) is 11.4. The Morgan fingerprint density at radius 3 is 1.43 bits per heavy atom. The van der Waals surface area contributed by atoms with Crippen LogP contribution in [0.3, 0.4) is 0 Å². The van der Waals surface area contributed by atoms with Crippen molar-refractivity contribution in [2.75, 3.05) is 0 Å². The van der Waals surface area contributed by atoms with Crippen molar-refractivity contribution in [3.63, 3.8) is 0 Å². The second-order valence-corrected chi connectivity index (χ2v) is 12.0. The highest BCUT2D eigenvalue weighted by atomic mass is 16.3. The summed E-state index contributed by atoms with van der Waals surface area (Å²) in [6, 6.07) is 52.8. The molecule has 218 valence electrons. The molecule has 10 aromatic rings. The molecule has 10 rings (SSSR count). The first-order chi connectivity index (χ1) is 23.3. The Hall–Kier alpha value is -6.39. The van der Waals surface area contributed by atoms with Crippen LogP contribution in [0, 0.1) is 0 Å². The van der Waals surface area contributed by atoms with Gasteiger partial charge in [0.25, 0.3) is 0 Å². The van der Waals surface area contributed by atoms with E-state index in [4.69, 9.17) is 19.4 Å². The molecule has 0 spiro atoms. The smallest absolute Gasteiger partial charge is 0.164 e. The molecule has 0 aliphatic carbocycles. The van der Waals surface area contributed by atoms with Gasteiger partial charge in [0.15, 0.2) is 17.5 Å². The summed E-state index contributed by atoms with van der Waals surface area (Å²) in [5, 5.41) is 11.8. The van der Waals surface area contributed by atoms with E-state index in [-0.39, 0.29) is 0 Å². The second-order valence-electron chi connectivity index (χ2n) is 12.0. The minimum atomic E-state index is 0.620. The molecule has 47 heavy (non-hydrogen) atoms. The fourth-order valence-corrected chi connectivity index (χ4v) is 7.00. The maximum atomic E-state index is 6.29. The molecule has 0 saturated carbocycles. The van der Waals surface area contributed by atoms with Gasteiger partial charge in [-0.3, -0.25) is 0 Å². The zero-order chi connectivity index (χ0) is 30.9. The number of aromatic nitrogens is 3. The van der Waals surface area contributed by atoms with E-state index in [2.05, 4.69) is 109 Å². The number of furan rings is 1.